The number of hydrogen-bond donors (Lipinski definition) is 5. The van der Waals surface area contributed by atoms with Crippen molar-refractivity contribution < 1.29 is 53.8 Å². The van der Waals surface area contributed by atoms with Crippen LogP contribution < -0.4 is 20.8 Å². The molecule has 18 nitrogen and oxygen atoms in total. The highest BCUT2D eigenvalue weighted by Gasteiger charge is 2.50. The number of aliphatic hydroxyl groups is 2. The number of phenols is 2. The summed E-state index contributed by atoms with van der Waals surface area (Å²) >= 11 is 0. The van der Waals surface area contributed by atoms with Crippen LogP contribution in [0.4, 0.5) is 10.5 Å². The number of Topliss-reactive ketones (excluding diaryl/α,β-unsaturated/α-hetero) is 1. The van der Waals surface area contributed by atoms with Gasteiger partial charge in [0.25, 0.3) is 11.7 Å². The highest BCUT2D eigenvalue weighted by Crippen LogP contribution is 2.50. The first-order chi connectivity index (χ1) is 35.2. The number of allylic oxidation sites excluding steroid dienone is 2. The van der Waals surface area contributed by atoms with Crippen molar-refractivity contribution in [1.82, 2.24) is 19.6 Å². The molecular weight excluding hydrogens is 947 g/mol. The molecule has 0 aliphatic carbocycles. The van der Waals surface area contributed by atoms with E-state index in [1.165, 1.54) is 39.6 Å². The van der Waals surface area contributed by atoms with Crippen molar-refractivity contribution >= 4 is 34.2 Å². The minimum Gasteiger partial charge on any atom is -0.507 e. The maximum Gasteiger partial charge on any atom is 0.410 e. The van der Waals surface area contributed by atoms with Crippen LogP contribution in [-0.4, -0.2) is 173 Å². The molecule has 3 saturated heterocycles. The Morgan fingerprint density at radius 2 is 1.47 bits per heavy atom. The summed E-state index contributed by atoms with van der Waals surface area (Å²) in [4.78, 5) is 62.6. The predicted octanol–water partition coefficient (Wildman–Crippen LogP) is 5.43. The zero-order valence-corrected chi connectivity index (χ0v) is 45.2. The summed E-state index contributed by atoms with van der Waals surface area (Å²) < 4.78 is 25.1. The van der Waals surface area contributed by atoms with Crippen LogP contribution in [-0.2, 0) is 19.0 Å². The predicted molar refractivity (Wildman–Crippen MR) is 281 cm³/mol. The Hall–Kier alpha value is -5.11. The Morgan fingerprint density at radius 1 is 0.824 bits per heavy atom. The van der Waals surface area contributed by atoms with Crippen LogP contribution in [0.2, 0.25) is 0 Å². The lowest BCUT2D eigenvalue weighted by atomic mass is 9.78. The van der Waals surface area contributed by atoms with E-state index < -0.39 is 83.1 Å². The fourth-order valence-corrected chi connectivity index (χ4v) is 11.8. The zero-order chi connectivity index (χ0) is 53.4. The van der Waals surface area contributed by atoms with E-state index in [0.717, 1.165) is 32.7 Å². The Bertz CT molecular complexity index is 2650. The number of hydrogen-bond acceptors (Lipinski definition) is 16. The summed E-state index contributed by atoms with van der Waals surface area (Å²) in [6.07, 6.45) is 8.30. The second-order valence-corrected chi connectivity index (χ2v) is 22.5. The summed E-state index contributed by atoms with van der Waals surface area (Å²) in [5.41, 5.74) is -0.567. The van der Waals surface area contributed by atoms with Crippen molar-refractivity contribution in [2.45, 2.75) is 130 Å². The van der Waals surface area contributed by atoms with Gasteiger partial charge in [0, 0.05) is 126 Å². The fraction of sp³-hybridized carbons (Fsp3) is 0.661. The molecule has 5 N–H and O–H groups in total. The Labute approximate surface area is 435 Å². The number of benzene rings is 2. The minimum atomic E-state index is -1.98. The van der Waals surface area contributed by atoms with Gasteiger partial charge in [-0.15, -0.1) is 0 Å². The Morgan fingerprint density at radius 3 is 2.12 bits per heavy atom. The number of carbonyl (C=O) groups is 3. The maximum absolute atomic E-state index is 15.0. The SMILES string of the molecule is CO[C@H]1/C=C/O[C@@]2(C)Oc3c(C)c(O)c4c(O)c(c5c(c4c3C2=O)=NC2(CCN(CC(C)C)CC2)N=5)NC(=O)/C(C)=C\C=C\C(C)[C@H](O)[C@@H](C)[C@@H](O)[C@@H](C)[C@H](OC(=O)N2CCN(CCN3CCCCC3)CC2)[C@@H]1C. The number of methoxy groups -OCH3 is 1. The van der Waals surface area contributed by atoms with Gasteiger partial charge in [-0.3, -0.25) is 24.5 Å². The number of phenolic OH excluding ortho intramolecular Hbond substituents is 2. The smallest absolute Gasteiger partial charge is 0.410 e. The van der Waals surface area contributed by atoms with Gasteiger partial charge in [0.1, 0.15) is 28.6 Å². The number of anilines is 1. The normalized spacial score (nSPS) is 32.1. The molecule has 18 heteroatoms. The van der Waals surface area contributed by atoms with Crippen LogP contribution >= 0.6 is 0 Å². The van der Waals surface area contributed by atoms with Gasteiger partial charge in [-0.2, -0.15) is 0 Å². The van der Waals surface area contributed by atoms with E-state index in [4.69, 9.17) is 28.9 Å². The third kappa shape index (κ3) is 11.1. The van der Waals surface area contributed by atoms with Gasteiger partial charge in [-0.05, 0) is 51.8 Å². The van der Waals surface area contributed by atoms with Gasteiger partial charge in [-0.1, -0.05) is 66.2 Å². The van der Waals surface area contributed by atoms with E-state index in [1.807, 2.05) is 13.8 Å². The van der Waals surface area contributed by atoms with Crippen LogP contribution in [0.15, 0.2) is 46.1 Å². The first-order valence-electron chi connectivity index (χ1n) is 27.0. The highest BCUT2D eigenvalue weighted by molar-refractivity contribution is 6.19. The van der Waals surface area contributed by atoms with E-state index >= 15 is 0 Å². The van der Waals surface area contributed by atoms with Gasteiger partial charge < -0.3 is 59.4 Å². The summed E-state index contributed by atoms with van der Waals surface area (Å²) in [5, 5.41) is 51.3. The molecular formula is C56H81N7O11. The quantitative estimate of drug-likeness (QED) is 0.219. The maximum atomic E-state index is 15.0. The van der Waals surface area contributed by atoms with Gasteiger partial charge in [-0.25, -0.2) is 4.79 Å². The first kappa shape index (κ1) is 55.1. The van der Waals surface area contributed by atoms with Gasteiger partial charge >= 0.3 is 11.9 Å². The molecule has 406 valence electrons. The number of nitrogens with one attached hydrogen (secondary N) is 1. The molecule has 7 aliphatic heterocycles. The fourth-order valence-electron chi connectivity index (χ4n) is 11.8. The molecule has 2 aromatic rings. The number of likely N-dealkylation sites (tertiary alicyclic amines) is 2. The molecule has 7 aliphatic rings. The van der Waals surface area contributed by atoms with Crippen molar-refractivity contribution in [2.75, 3.05) is 84.4 Å². The van der Waals surface area contributed by atoms with Crippen molar-refractivity contribution in [1.29, 1.82) is 0 Å². The lowest BCUT2D eigenvalue weighted by Gasteiger charge is -2.40. The third-order valence-electron chi connectivity index (χ3n) is 16.6. The van der Waals surface area contributed by atoms with Crippen molar-refractivity contribution in [3.63, 3.8) is 0 Å². The van der Waals surface area contributed by atoms with Crippen LogP contribution in [0.3, 0.4) is 0 Å². The summed E-state index contributed by atoms with van der Waals surface area (Å²) in [6.45, 7) is 25.1. The lowest BCUT2D eigenvalue weighted by molar-refractivity contribution is -0.112. The number of piperidine rings is 2. The second kappa shape index (κ2) is 22.6. The van der Waals surface area contributed by atoms with E-state index in [9.17, 15) is 34.8 Å². The monoisotopic (exact) mass is 1030 g/mol. The Kier molecular flexibility index (Phi) is 16.9. The van der Waals surface area contributed by atoms with Crippen LogP contribution in [0.5, 0.6) is 17.2 Å². The van der Waals surface area contributed by atoms with Gasteiger partial charge in [0.15, 0.2) is 11.4 Å². The van der Waals surface area contributed by atoms with E-state index in [1.54, 1.807) is 56.9 Å². The second-order valence-electron chi connectivity index (χ2n) is 22.5. The number of aliphatic hydroxyl groups excluding tert-OH is 2. The molecule has 1 unspecified atom stereocenters. The van der Waals surface area contributed by atoms with Crippen LogP contribution in [0, 0.1) is 36.5 Å². The number of carbonyl (C=O) groups excluding carboxylic acids is 3. The number of aromatic hydroxyl groups is 2. The number of ether oxygens (including phenoxy) is 4. The average Bonchev–Trinajstić information content (AvgIpc) is 3.89. The molecule has 9 rings (SSSR count). The van der Waals surface area contributed by atoms with Crippen molar-refractivity contribution in [3.05, 3.63) is 58.0 Å². The number of ketones is 1. The molecule has 5 bridgehead atoms. The first-order valence-corrected chi connectivity index (χ1v) is 27.0. The van der Waals surface area contributed by atoms with Gasteiger partial charge in [0.05, 0.1) is 40.9 Å². The van der Waals surface area contributed by atoms with E-state index in [0.29, 0.717) is 58.0 Å². The summed E-state index contributed by atoms with van der Waals surface area (Å²) in [6, 6.07) is 0. The molecule has 2 amide bonds. The third-order valence-corrected chi connectivity index (χ3v) is 16.6. The average molecular weight is 1030 g/mol. The number of fused-ring (bicyclic) bond motifs is 13. The molecule has 1 spiro atoms. The molecule has 74 heavy (non-hydrogen) atoms. The van der Waals surface area contributed by atoms with E-state index in [-0.39, 0.29) is 55.4 Å². The largest absolute Gasteiger partial charge is 0.507 e. The van der Waals surface area contributed by atoms with Gasteiger partial charge in [0.2, 0.25) is 0 Å². The highest BCUT2D eigenvalue weighted by atomic mass is 16.7. The van der Waals surface area contributed by atoms with Crippen LogP contribution in [0.25, 0.3) is 10.8 Å². The minimum absolute atomic E-state index is 0.0410. The van der Waals surface area contributed by atoms with Crippen LogP contribution in [0.1, 0.15) is 103 Å². The Balaban J connectivity index is 1.15. The molecule has 0 radical (unpaired) electrons. The molecule has 0 aromatic heterocycles. The number of rotatable bonds is 7. The molecule has 3 fully saturated rings. The standard InChI is InChI=1S/C56H81N7O11/c1-32(2)31-62-22-18-56(19-23-62)58-43-40-41-48(66)38(8)51-42(40)52(68)55(9,74-51)72-30-17-39(71-10)35(5)50(73-54(70)63-28-26-61(27-29-63)25-24-60-20-12-11-13-21-60)37(7)47(65)36(6)46(64)33(3)15-14-16-34(4)53(69)57-45(49(41)67)44(43)59-56/h14-17,30,32-33,35-37,39,46-47,50,64-67H,11-13,18-29,31H2,1-10H3,(H,57,69)/b15-14+,30-17+,34-16-/t33?,35-,36-,37-,39+,46+,47-,50-,55+/m1/s1. The van der Waals surface area contributed by atoms with Crippen molar-refractivity contribution in [2.24, 2.45) is 39.6 Å². The molecule has 7 heterocycles. The molecule has 9 atom stereocenters. The zero-order valence-electron chi connectivity index (χ0n) is 45.2. The van der Waals surface area contributed by atoms with E-state index in [2.05, 4.69) is 33.9 Å². The number of nitrogens with zero attached hydrogens (tertiary/aromatic N) is 6. The summed E-state index contributed by atoms with van der Waals surface area (Å²) in [5.74, 6) is -6.01. The summed E-state index contributed by atoms with van der Waals surface area (Å²) in [7, 11) is 1.51. The topological polar surface area (TPSA) is 219 Å². The van der Waals surface area contributed by atoms with Crippen molar-refractivity contribution in [3.8, 4) is 17.2 Å². The number of piperazine rings is 1. The molecule has 0 saturated carbocycles. The lowest BCUT2D eigenvalue weighted by Crippen LogP contribution is -2.53. The number of amides is 2. The molecule has 2 aromatic carbocycles.